The maximum atomic E-state index is 10.9. The lowest BCUT2D eigenvalue weighted by Crippen LogP contribution is -2.51. The third-order valence-electron chi connectivity index (χ3n) is 5.31. The third kappa shape index (κ3) is 3.23. The number of rotatable bonds is 4. The SMILES string of the molecule is O[N+]1(CCc2cc3ccccc3o2)CCC(c2ccccc2)CC1. The van der Waals surface area contributed by atoms with Crippen molar-refractivity contribution in [2.24, 2.45) is 0 Å². The van der Waals surface area contributed by atoms with Crippen LogP contribution in [-0.4, -0.2) is 29.5 Å². The summed E-state index contributed by atoms with van der Waals surface area (Å²) in [6, 6.07) is 20.8. The predicted octanol–water partition coefficient (Wildman–Crippen LogP) is 4.76. The first-order chi connectivity index (χ1) is 11.7. The molecule has 0 aliphatic carbocycles. The fourth-order valence-corrected chi connectivity index (χ4v) is 3.81. The van der Waals surface area contributed by atoms with E-state index in [9.17, 15) is 5.21 Å². The van der Waals surface area contributed by atoms with Gasteiger partial charge >= 0.3 is 0 Å². The van der Waals surface area contributed by atoms with E-state index in [-0.39, 0.29) is 4.65 Å². The van der Waals surface area contributed by atoms with Crippen molar-refractivity contribution in [3.8, 4) is 0 Å². The minimum Gasteiger partial charge on any atom is -0.461 e. The molecule has 0 amide bonds. The Kier molecular flexibility index (Phi) is 4.13. The summed E-state index contributed by atoms with van der Waals surface area (Å²) in [6.45, 7) is 2.36. The number of nitrogens with zero attached hydrogens (tertiary/aromatic N) is 1. The Morgan fingerprint density at radius 1 is 0.958 bits per heavy atom. The number of para-hydroxylation sites is 1. The normalized spacial score (nSPS) is 24.3. The maximum Gasteiger partial charge on any atom is 0.134 e. The molecule has 3 nitrogen and oxygen atoms in total. The first-order valence-corrected chi connectivity index (χ1v) is 8.83. The predicted molar refractivity (Wildman–Crippen MR) is 95.0 cm³/mol. The molecule has 1 fully saturated rings. The van der Waals surface area contributed by atoms with Gasteiger partial charge in [0, 0.05) is 18.2 Å². The standard InChI is InChI=1S/C21H24NO2/c23-22(13-10-18(11-14-22)17-6-2-1-3-7-17)15-12-20-16-19-8-4-5-9-21(19)24-20/h1-9,16,18,23H,10-15H2/q+1. The Bertz CT molecular complexity index is 768. The van der Waals surface area contributed by atoms with Gasteiger partial charge in [-0.2, -0.15) is 4.65 Å². The molecule has 0 spiro atoms. The molecule has 2 heterocycles. The molecule has 2 aromatic carbocycles. The van der Waals surface area contributed by atoms with E-state index in [2.05, 4.69) is 42.5 Å². The summed E-state index contributed by atoms with van der Waals surface area (Å²) in [7, 11) is 0. The number of fused-ring (bicyclic) bond motifs is 1. The Morgan fingerprint density at radius 2 is 1.67 bits per heavy atom. The number of benzene rings is 2. The van der Waals surface area contributed by atoms with Crippen molar-refractivity contribution in [2.75, 3.05) is 19.6 Å². The van der Waals surface area contributed by atoms with Gasteiger partial charge in [-0.25, -0.2) is 5.21 Å². The highest BCUT2D eigenvalue weighted by Gasteiger charge is 2.33. The first-order valence-electron chi connectivity index (χ1n) is 8.83. The second-order valence-electron chi connectivity index (χ2n) is 6.95. The van der Waals surface area contributed by atoms with Gasteiger partial charge < -0.3 is 4.42 Å². The molecule has 0 radical (unpaired) electrons. The lowest BCUT2D eigenvalue weighted by atomic mass is 9.89. The van der Waals surface area contributed by atoms with Crippen LogP contribution >= 0.6 is 0 Å². The first kappa shape index (κ1) is 15.4. The Balaban J connectivity index is 1.37. The van der Waals surface area contributed by atoms with E-state index in [0.717, 1.165) is 55.6 Å². The average Bonchev–Trinajstić information content (AvgIpc) is 3.05. The molecule has 1 aliphatic rings. The lowest BCUT2D eigenvalue weighted by Gasteiger charge is -2.36. The van der Waals surface area contributed by atoms with Crippen molar-refractivity contribution in [1.29, 1.82) is 0 Å². The molecule has 0 atom stereocenters. The van der Waals surface area contributed by atoms with Gasteiger partial charge in [-0.05, 0) is 23.6 Å². The fourth-order valence-electron chi connectivity index (χ4n) is 3.81. The molecule has 1 aliphatic heterocycles. The summed E-state index contributed by atoms with van der Waals surface area (Å²) in [6.07, 6.45) is 2.86. The molecule has 1 aromatic heterocycles. The van der Waals surface area contributed by atoms with Crippen LogP contribution in [0.4, 0.5) is 0 Å². The van der Waals surface area contributed by atoms with Crippen LogP contribution in [-0.2, 0) is 6.42 Å². The van der Waals surface area contributed by atoms with Crippen molar-refractivity contribution >= 4 is 11.0 Å². The molecule has 24 heavy (non-hydrogen) atoms. The van der Waals surface area contributed by atoms with Gasteiger partial charge in [0.15, 0.2) is 0 Å². The highest BCUT2D eigenvalue weighted by molar-refractivity contribution is 5.77. The number of piperidine rings is 1. The number of quaternary nitrogens is 1. The summed E-state index contributed by atoms with van der Waals surface area (Å²) < 4.78 is 6.04. The number of hydroxylamine groups is 3. The Morgan fingerprint density at radius 3 is 2.42 bits per heavy atom. The van der Waals surface area contributed by atoms with E-state index in [1.165, 1.54) is 5.56 Å². The van der Waals surface area contributed by atoms with Crippen LogP contribution < -0.4 is 0 Å². The van der Waals surface area contributed by atoms with Crippen LogP contribution in [0.15, 0.2) is 65.1 Å². The van der Waals surface area contributed by atoms with Crippen LogP contribution in [0.5, 0.6) is 0 Å². The van der Waals surface area contributed by atoms with Crippen LogP contribution in [0.2, 0.25) is 0 Å². The van der Waals surface area contributed by atoms with Gasteiger partial charge in [-0.3, -0.25) is 0 Å². The Hall–Kier alpha value is -2.10. The summed E-state index contributed by atoms with van der Waals surface area (Å²) in [5.74, 6) is 1.55. The van der Waals surface area contributed by atoms with Crippen molar-refractivity contribution < 1.29 is 14.3 Å². The second kappa shape index (κ2) is 6.42. The molecule has 0 unspecified atom stereocenters. The largest absolute Gasteiger partial charge is 0.461 e. The molecular formula is C21H24NO2+. The molecule has 0 saturated carbocycles. The molecule has 4 rings (SSSR count). The van der Waals surface area contributed by atoms with E-state index in [1.807, 2.05) is 18.2 Å². The van der Waals surface area contributed by atoms with Gasteiger partial charge in [0.2, 0.25) is 0 Å². The molecule has 1 N–H and O–H groups in total. The summed E-state index contributed by atoms with van der Waals surface area (Å²) >= 11 is 0. The van der Waals surface area contributed by atoms with Gasteiger partial charge in [-0.15, -0.1) is 0 Å². The molecule has 3 aromatic rings. The van der Waals surface area contributed by atoms with Crippen molar-refractivity contribution in [3.05, 3.63) is 72.0 Å². The zero-order chi connectivity index (χ0) is 16.4. The topological polar surface area (TPSA) is 33.4 Å². The third-order valence-corrected chi connectivity index (χ3v) is 5.31. The maximum absolute atomic E-state index is 10.9. The highest BCUT2D eigenvalue weighted by Crippen LogP contribution is 2.30. The highest BCUT2D eigenvalue weighted by atomic mass is 16.5. The van der Waals surface area contributed by atoms with Crippen LogP contribution in [0.1, 0.15) is 30.1 Å². The zero-order valence-electron chi connectivity index (χ0n) is 13.9. The van der Waals surface area contributed by atoms with E-state index >= 15 is 0 Å². The number of furan rings is 1. The molecule has 1 saturated heterocycles. The quantitative estimate of drug-likeness (QED) is 0.703. The number of likely N-dealkylation sites (tertiary alicyclic amines) is 1. The second-order valence-corrected chi connectivity index (χ2v) is 6.95. The smallest absolute Gasteiger partial charge is 0.134 e. The van der Waals surface area contributed by atoms with E-state index in [1.54, 1.807) is 0 Å². The summed E-state index contributed by atoms with van der Waals surface area (Å²) in [5.41, 5.74) is 2.33. The van der Waals surface area contributed by atoms with Crippen molar-refractivity contribution in [3.63, 3.8) is 0 Å². The molecule has 124 valence electrons. The van der Waals surface area contributed by atoms with Crippen LogP contribution in [0, 0.1) is 0 Å². The fraction of sp³-hybridized carbons (Fsp3) is 0.333. The van der Waals surface area contributed by atoms with Gasteiger partial charge in [0.1, 0.15) is 31.0 Å². The van der Waals surface area contributed by atoms with E-state index in [0.29, 0.717) is 5.92 Å². The average molecular weight is 322 g/mol. The van der Waals surface area contributed by atoms with E-state index < -0.39 is 0 Å². The number of hydrogen-bond donors (Lipinski definition) is 1. The van der Waals surface area contributed by atoms with Gasteiger partial charge in [0.05, 0.1) is 6.42 Å². The monoisotopic (exact) mass is 322 g/mol. The van der Waals surface area contributed by atoms with Crippen molar-refractivity contribution in [2.45, 2.75) is 25.2 Å². The minimum absolute atomic E-state index is 0.167. The molecule has 3 heteroatoms. The van der Waals surface area contributed by atoms with Crippen LogP contribution in [0.25, 0.3) is 11.0 Å². The minimum atomic E-state index is 0.167. The summed E-state index contributed by atoms with van der Waals surface area (Å²) in [4.78, 5) is 0. The molecule has 0 bridgehead atoms. The van der Waals surface area contributed by atoms with Crippen molar-refractivity contribution in [1.82, 2.24) is 0 Å². The summed E-state index contributed by atoms with van der Waals surface area (Å²) in [5, 5.41) is 12.0. The van der Waals surface area contributed by atoms with Crippen LogP contribution in [0.3, 0.4) is 0 Å². The Labute approximate surface area is 142 Å². The van der Waals surface area contributed by atoms with Gasteiger partial charge in [-0.1, -0.05) is 48.5 Å². The zero-order valence-corrected chi connectivity index (χ0v) is 13.9. The van der Waals surface area contributed by atoms with Gasteiger partial charge in [0.25, 0.3) is 0 Å². The number of hydrogen-bond acceptors (Lipinski definition) is 2. The molecular weight excluding hydrogens is 298 g/mol. The lowest BCUT2D eigenvalue weighted by molar-refractivity contribution is -1.10. The van der Waals surface area contributed by atoms with E-state index in [4.69, 9.17) is 4.42 Å².